The van der Waals surface area contributed by atoms with E-state index in [1.54, 1.807) is 0 Å². The Morgan fingerprint density at radius 2 is 2.20 bits per heavy atom. The van der Waals surface area contributed by atoms with Crippen LogP contribution in [0.3, 0.4) is 0 Å². The molecule has 0 spiro atoms. The largest absolute Gasteiger partial charge is 0.375 e. The molecule has 0 bridgehead atoms. The Bertz CT molecular complexity index is 476. The van der Waals surface area contributed by atoms with Gasteiger partial charge < -0.3 is 5.73 Å². The van der Waals surface area contributed by atoms with Crippen LogP contribution in [0, 0.1) is 5.82 Å². The van der Waals surface area contributed by atoms with Gasteiger partial charge in [-0.15, -0.1) is 4.83 Å². The lowest BCUT2D eigenvalue weighted by Gasteiger charge is -2.06. The highest BCUT2D eigenvalue weighted by Gasteiger charge is 2.14. The fraction of sp³-hybridized carbons (Fsp3) is 0. The quantitative estimate of drug-likeness (QED) is 0.482. The van der Waals surface area contributed by atoms with Crippen molar-refractivity contribution in [3.8, 4) is 0 Å². The first-order valence-electron chi connectivity index (χ1n) is 3.59. The van der Waals surface area contributed by atoms with Crippen molar-refractivity contribution in [1.29, 1.82) is 0 Å². The molecule has 1 aromatic rings. The van der Waals surface area contributed by atoms with Gasteiger partial charge in [-0.25, -0.2) is 12.8 Å². The molecule has 0 saturated heterocycles. The molecule has 0 radical (unpaired) electrons. The van der Waals surface area contributed by atoms with Crippen LogP contribution in [0.5, 0.6) is 0 Å². The molecule has 0 fully saturated rings. The highest BCUT2D eigenvalue weighted by molar-refractivity contribution is 7.89. The lowest BCUT2D eigenvalue weighted by Crippen LogP contribution is -2.44. The Hall–Kier alpha value is -1.32. The number of pyridine rings is 1. The summed E-state index contributed by atoms with van der Waals surface area (Å²) >= 11 is 4.39. The first-order chi connectivity index (χ1) is 6.92. The molecule has 0 amide bonds. The topological polar surface area (TPSA) is 97.1 Å². The molecule has 15 heavy (non-hydrogen) atoms. The number of aromatic nitrogens is 1. The van der Waals surface area contributed by atoms with Crippen LogP contribution in [0.15, 0.2) is 23.4 Å². The van der Waals surface area contributed by atoms with Gasteiger partial charge in [0.1, 0.15) is 10.7 Å². The maximum Gasteiger partial charge on any atom is 0.259 e. The van der Waals surface area contributed by atoms with E-state index in [0.29, 0.717) is 0 Å². The minimum atomic E-state index is -3.91. The zero-order chi connectivity index (χ0) is 11.5. The summed E-state index contributed by atoms with van der Waals surface area (Å²) in [5.74, 6) is -0.756. The summed E-state index contributed by atoms with van der Waals surface area (Å²) in [5, 5.41) is -0.247. The van der Waals surface area contributed by atoms with E-state index in [4.69, 9.17) is 5.73 Å². The summed E-state index contributed by atoms with van der Waals surface area (Å²) in [4.78, 5) is 4.92. The highest BCUT2D eigenvalue weighted by Crippen LogP contribution is 2.07. The summed E-state index contributed by atoms with van der Waals surface area (Å²) in [6.45, 7) is 0. The summed E-state index contributed by atoms with van der Waals surface area (Å²) in [6.07, 6.45) is 1.88. The maximum atomic E-state index is 12.7. The van der Waals surface area contributed by atoms with E-state index in [0.717, 1.165) is 18.5 Å². The monoisotopic (exact) mass is 250 g/mol. The molecular formula is C6H7FN4O2S2. The number of rotatable bonds is 3. The van der Waals surface area contributed by atoms with Crippen LogP contribution in [0.1, 0.15) is 0 Å². The van der Waals surface area contributed by atoms with Gasteiger partial charge in [-0.05, 0) is 18.3 Å². The Labute approximate surface area is 90.7 Å². The first kappa shape index (κ1) is 11.8. The van der Waals surface area contributed by atoms with Gasteiger partial charge in [-0.1, -0.05) is 0 Å². The fourth-order valence-electron chi connectivity index (χ4n) is 0.716. The maximum absolute atomic E-state index is 12.7. The fourth-order valence-corrected chi connectivity index (χ4v) is 1.66. The first-order valence-corrected chi connectivity index (χ1v) is 5.49. The van der Waals surface area contributed by atoms with Crippen molar-refractivity contribution in [2.24, 2.45) is 5.73 Å². The molecule has 1 heterocycles. The number of nitrogens with zero attached hydrogens (tertiary/aromatic N) is 1. The molecule has 0 aliphatic carbocycles. The number of hydrogen-bond acceptors (Lipinski definition) is 4. The predicted octanol–water partition coefficient (Wildman–Crippen LogP) is -0.753. The molecule has 4 N–H and O–H groups in total. The molecule has 0 aromatic carbocycles. The van der Waals surface area contributed by atoms with Crippen LogP contribution in [0.25, 0.3) is 0 Å². The van der Waals surface area contributed by atoms with Gasteiger partial charge in [-0.2, -0.15) is 0 Å². The Kier molecular flexibility index (Phi) is 3.50. The summed E-state index contributed by atoms with van der Waals surface area (Å²) in [6, 6.07) is 0.816. The number of halogens is 1. The lowest BCUT2D eigenvalue weighted by molar-refractivity contribution is 0.572. The average molecular weight is 250 g/mol. The number of thiocarbonyl (C=S) groups is 1. The van der Waals surface area contributed by atoms with Crippen LogP contribution in [0.2, 0.25) is 0 Å². The molecule has 0 aliphatic rings. The molecule has 0 saturated carbocycles. The normalized spacial score (nSPS) is 11.0. The van der Waals surface area contributed by atoms with Gasteiger partial charge in [0.25, 0.3) is 10.0 Å². The van der Waals surface area contributed by atoms with E-state index in [1.807, 2.05) is 10.3 Å². The number of hydrogen-bond donors (Lipinski definition) is 3. The zero-order valence-electron chi connectivity index (χ0n) is 7.27. The molecule has 1 aromatic heterocycles. The van der Waals surface area contributed by atoms with Crippen LogP contribution in [-0.2, 0) is 10.0 Å². The highest BCUT2D eigenvalue weighted by atomic mass is 32.2. The minimum Gasteiger partial charge on any atom is -0.375 e. The van der Waals surface area contributed by atoms with Crippen molar-refractivity contribution in [2.75, 3.05) is 0 Å². The molecular weight excluding hydrogens is 243 g/mol. The third-order valence-corrected chi connectivity index (χ3v) is 2.62. The Morgan fingerprint density at radius 1 is 1.53 bits per heavy atom. The lowest BCUT2D eigenvalue weighted by atomic mass is 10.5. The van der Waals surface area contributed by atoms with E-state index in [-0.39, 0.29) is 10.0 Å². The molecule has 0 unspecified atom stereocenters. The van der Waals surface area contributed by atoms with Gasteiger partial charge in [0.15, 0.2) is 5.11 Å². The molecule has 82 valence electrons. The van der Waals surface area contributed by atoms with Crippen molar-refractivity contribution < 1.29 is 12.8 Å². The van der Waals surface area contributed by atoms with Crippen molar-refractivity contribution >= 4 is 27.4 Å². The second-order valence-corrected chi connectivity index (χ2v) is 4.56. The van der Waals surface area contributed by atoms with Gasteiger partial charge in [0.2, 0.25) is 0 Å². The predicted molar refractivity (Wildman–Crippen MR) is 54.4 cm³/mol. The molecule has 1 rings (SSSR count). The summed E-state index contributed by atoms with van der Waals surface area (Å²) < 4.78 is 35.5. The van der Waals surface area contributed by atoms with Crippen molar-refractivity contribution in [1.82, 2.24) is 15.2 Å². The van der Waals surface area contributed by atoms with Gasteiger partial charge in [0, 0.05) is 6.20 Å². The Morgan fingerprint density at radius 3 is 2.73 bits per heavy atom. The van der Waals surface area contributed by atoms with E-state index < -0.39 is 15.8 Å². The minimum absolute atomic E-state index is 0.247. The van der Waals surface area contributed by atoms with Crippen LogP contribution >= 0.6 is 12.2 Å². The van der Waals surface area contributed by atoms with Gasteiger partial charge in [-0.3, -0.25) is 10.4 Å². The summed E-state index contributed by atoms with van der Waals surface area (Å²) in [5.41, 5.74) is 7.04. The third-order valence-electron chi connectivity index (χ3n) is 1.30. The smallest absolute Gasteiger partial charge is 0.259 e. The number of nitrogens with two attached hydrogens (primary N) is 1. The molecule has 0 atom stereocenters. The molecule has 9 heteroatoms. The standard InChI is InChI=1S/C6H7FN4O2S2/c7-4-1-5(3-9-2-4)15(12,13)11-10-6(8)14/h1-3,11H,(H3,8,10,14). The van der Waals surface area contributed by atoms with Crippen LogP contribution < -0.4 is 16.0 Å². The molecule has 0 aliphatic heterocycles. The van der Waals surface area contributed by atoms with Crippen molar-refractivity contribution in [2.45, 2.75) is 4.90 Å². The zero-order valence-corrected chi connectivity index (χ0v) is 8.90. The van der Waals surface area contributed by atoms with Gasteiger partial charge >= 0.3 is 0 Å². The van der Waals surface area contributed by atoms with E-state index in [2.05, 4.69) is 17.2 Å². The SMILES string of the molecule is NC(=S)NNS(=O)(=O)c1cncc(F)c1. The number of sulfonamides is 1. The van der Waals surface area contributed by atoms with Crippen LogP contribution in [-0.4, -0.2) is 18.5 Å². The second-order valence-electron chi connectivity index (χ2n) is 2.43. The number of hydrazine groups is 1. The number of nitrogens with one attached hydrogen (secondary N) is 2. The van der Waals surface area contributed by atoms with E-state index in [9.17, 15) is 12.8 Å². The Balaban J connectivity index is 2.91. The average Bonchev–Trinajstić information content (AvgIpc) is 2.15. The molecule has 6 nitrogen and oxygen atoms in total. The van der Waals surface area contributed by atoms with Gasteiger partial charge in [0.05, 0.1) is 6.20 Å². The van der Waals surface area contributed by atoms with E-state index >= 15 is 0 Å². The summed E-state index contributed by atoms with van der Waals surface area (Å²) in [7, 11) is -3.91. The third kappa shape index (κ3) is 3.38. The van der Waals surface area contributed by atoms with Crippen molar-refractivity contribution in [3.05, 3.63) is 24.3 Å². The van der Waals surface area contributed by atoms with Crippen molar-refractivity contribution in [3.63, 3.8) is 0 Å². The van der Waals surface area contributed by atoms with E-state index in [1.165, 1.54) is 0 Å². The van der Waals surface area contributed by atoms with Crippen LogP contribution in [0.4, 0.5) is 4.39 Å². The second kappa shape index (κ2) is 4.47.